The highest BCUT2D eigenvalue weighted by molar-refractivity contribution is 5.98. The Morgan fingerprint density at radius 3 is 1.83 bits per heavy atom. The Hall–Kier alpha value is -4.92. The van der Waals surface area contributed by atoms with Gasteiger partial charge in [0.15, 0.2) is 23.0 Å². The van der Waals surface area contributed by atoms with Gasteiger partial charge in [-0.1, -0.05) is 42.5 Å². The molecule has 214 valence electrons. The van der Waals surface area contributed by atoms with Gasteiger partial charge in [-0.2, -0.15) is 0 Å². The fraction of sp³-hybridized carbons (Fsp3) is 0.250. The van der Waals surface area contributed by atoms with Gasteiger partial charge in [0.2, 0.25) is 0 Å². The first-order valence-electron chi connectivity index (χ1n) is 12.8. The number of nitrogens with zero attached hydrogens (tertiary/aromatic N) is 1. The highest BCUT2D eigenvalue weighted by Gasteiger charge is 2.36. The summed E-state index contributed by atoms with van der Waals surface area (Å²) in [5, 5.41) is 0. The molecular weight excluding hydrogens is 526 g/mol. The van der Waals surface area contributed by atoms with E-state index in [0.717, 1.165) is 11.1 Å². The number of methoxy groups -OCH3 is 5. The number of hydrogen-bond acceptors (Lipinski definition) is 9. The van der Waals surface area contributed by atoms with Crippen LogP contribution in [0.4, 0.5) is 0 Å². The molecule has 0 bridgehead atoms. The molecule has 3 aromatic carbocycles. The Balaban J connectivity index is 1.70. The van der Waals surface area contributed by atoms with Crippen molar-refractivity contribution < 1.29 is 38.0 Å². The molecule has 0 atom stereocenters. The highest BCUT2D eigenvalue weighted by atomic mass is 16.5. The van der Waals surface area contributed by atoms with Crippen molar-refractivity contribution in [3.8, 4) is 23.0 Å². The van der Waals surface area contributed by atoms with Gasteiger partial charge in [-0.3, -0.25) is 0 Å². The summed E-state index contributed by atoms with van der Waals surface area (Å²) in [6.45, 7) is 0.690. The summed E-state index contributed by atoms with van der Waals surface area (Å²) in [5.74, 6) is 0.217. The quantitative estimate of drug-likeness (QED) is 0.301. The van der Waals surface area contributed by atoms with E-state index in [-0.39, 0.29) is 11.1 Å². The van der Waals surface area contributed by atoms with E-state index in [0.29, 0.717) is 41.7 Å². The largest absolute Gasteiger partial charge is 0.493 e. The van der Waals surface area contributed by atoms with E-state index in [1.807, 2.05) is 42.5 Å². The minimum absolute atomic E-state index is 0.260. The second kappa shape index (κ2) is 13.4. The monoisotopic (exact) mass is 559 g/mol. The minimum Gasteiger partial charge on any atom is -0.493 e. The molecule has 1 heterocycles. The molecule has 0 aliphatic carbocycles. The van der Waals surface area contributed by atoms with Crippen LogP contribution in [-0.2, 0) is 32.2 Å². The Morgan fingerprint density at radius 1 is 0.659 bits per heavy atom. The summed E-state index contributed by atoms with van der Waals surface area (Å²) >= 11 is 0. The highest BCUT2D eigenvalue weighted by Crippen LogP contribution is 2.41. The zero-order chi connectivity index (χ0) is 29.4. The Morgan fingerprint density at radius 2 is 1.24 bits per heavy atom. The lowest BCUT2D eigenvalue weighted by Crippen LogP contribution is -2.28. The van der Waals surface area contributed by atoms with Crippen molar-refractivity contribution in [2.45, 2.75) is 19.1 Å². The van der Waals surface area contributed by atoms with Crippen LogP contribution in [0.3, 0.4) is 0 Å². The van der Waals surface area contributed by atoms with Gasteiger partial charge in [-0.15, -0.1) is 0 Å². The number of hydrogen-bond donors (Lipinski definition) is 0. The molecule has 0 saturated heterocycles. The molecule has 3 aromatic rings. The molecule has 9 nitrogen and oxygen atoms in total. The van der Waals surface area contributed by atoms with Crippen molar-refractivity contribution in [3.05, 3.63) is 107 Å². The zero-order valence-electron chi connectivity index (χ0n) is 23.7. The lowest BCUT2D eigenvalue weighted by atomic mass is 9.83. The van der Waals surface area contributed by atoms with Crippen LogP contribution >= 0.6 is 0 Å². The lowest BCUT2D eigenvalue weighted by molar-refractivity contribution is -0.137. The SMILES string of the molecule is COC(=O)C1=CN(Cc2ccc(OC)c(OC)c2)C=C(C(=O)OC)C1c1ccc(OCc2ccccc2)c(OC)c1. The number of esters is 2. The van der Waals surface area contributed by atoms with Gasteiger partial charge >= 0.3 is 11.9 Å². The lowest BCUT2D eigenvalue weighted by Gasteiger charge is -2.30. The number of carbonyl (C=O) groups is 2. The van der Waals surface area contributed by atoms with E-state index >= 15 is 0 Å². The van der Waals surface area contributed by atoms with Crippen LogP contribution in [0.2, 0.25) is 0 Å². The molecule has 0 fully saturated rings. The third-order valence-electron chi connectivity index (χ3n) is 6.65. The first kappa shape index (κ1) is 29.1. The standard InChI is InChI=1S/C32H33NO8/c1-36-26-13-11-22(15-28(26)37-2)17-33-18-24(31(34)39-4)30(25(19-33)32(35)40-5)23-12-14-27(29(16-23)38-3)41-20-21-9-7-6-8-10-21/h6-16,18-19,30H,17,20H2,1-5H3. The smallest absolute Gasteiger partial charge is 0.336 e. The molecule has 0 spiro atoms. The van der Waals surface area contributed by atoms with Crippen molar-refractivity contribution in [2.24, 2.45) is 0 Å². The maximum absolute atomic E-state index is 13.1. The number of rotatable bonds is 11. The maximum Gasteiger partial charge on any atom is 0.336 e. The normalized spacial score (nSPS) is 13.0. The van der Waals surface area contributed by atoms with E-state index in [4.69, 9.17) is 28.4 Å². The van der Waals surface area contributed by atoms with E-state index < -0.39 is 17.9 Å². The van der Waals surface area contributed by atoms with Crippen LogP contribution in [0.5, 0.6) is 23.0 Å². The van der Waals surface area contributed by atoms with Gasteiger partial charge in [0.1, 0.15) is 6.61 Å². The minimum atomic E-state index is -0.770. The summed E-state index contributed by atoms with van der Waals surface area (Å²) in [5.41, 5.74) is 3.02. The Bertz CT molecular complexity index is 1410. The first-order chi connectivity index (χ1) is 19.9. The van der Waals surface area contributed by atoms with E-state index in [1.165, 1.54) is 21.3 Å². The number of ether oxygens (including phenoxy) is 6. The second-order valence-electron chi connectivity index (χ2n) is 9.13. The topological polar surface area (TPSA) is 92.8 Å². The average molecular weight is 560 g/mol. The van der Waals surface area contributed by atoms with Crippen molar-refractivity contribution in [2.75, 3.05) is 35.5 Å². The molecule has 4 rings (SSSR count). The molecule has 1 aliphatic heterocycles. The summed E-state index contributed by atoms with van der Waals surface area (Å²) in [6, 6.07) is 20.6. The molecule has 0 unspecified atom stereocenters. The fourth-order valence-electron chi connectivity index (χ4n) is 4.65. The molecule has 0 N–H and O–H groups in total. The van der Waals surface area contributed by atoms with E-state index in [9.17, 15) is 9.59 Å². The molecule has 41 heavy (non-hydrogen) atoms. The summed E-state index contributed by atoms with van der Waals surface area (Å²) < 4.78 is 32.6. The van der Waals surface area contributed by atoms with Crippen LogP contribution < -0.4 is 18.9 Å². The third kappa shape index (κ3) is 6.63. The van der Waals surface area contributed by atoms with Crippen LogP contribution in [0.15, 0.2) is 90.3 Å². The molecule has 1 aliphatic rings. The molecule has 0 saturated carbocycles. The number of carbonyl (C=O) groups excluding carboxylic acids is 2. The van der Waals surface area contributed by atoms with Crippen LogP contribution in [0.1, 0.15) is 22.6 Å². The summed E-state index contributed by atoms with van der Waals surface area (Å²) in [6.07, 6.45) is 3.35. The average Bonchev–Trinajstić information content (AvgIpc) is 3.02. The van der Waals surface area contributed by atoms with Crippen LogP contribution in [-0.4, -0.2) is 52.4 Å². The van der Waals surface area contributed by atoms with Crippen LogP contribution in [0, 0.1) is 0 Å². The van der Waals surface area contributed by atoms with Crippen LogP contribution in [0.25, 0.3) is 0 Å². The van der Waals surface area contributed by atoms with Gasteiger partial charge in [0.05, 0.1) is 52.6 Å². The molecular formula is C32H33NO8. The zero-order valence-corrected chi connectivity index (χ0v) is 23.7. The Labute approximate surface area is 239 Å². The van der Waals surface area contributed by atoms with Crippen molar-refractivity contribution in [1.29, 1.82) is 0 Å². The second-order valence-corrected chi connectivity index (χ2v) is 9.13. The van der Waals surface area contributed by atoms with Gasteiger partial charge < -0.3 is 33.3 Å². The third-order valence-corrected chi connectivity index (χ3v) is 6.65. The Kier molecular flexibility index (Phi) is 9.52. The molecule has 9 heteroatoms. The first-order valence-corrected chi connectivity index (χ1v) is 12.8. The molecule has 0 amide bonds. The maximum atomic E-state index is 13.1. The summed E-state index contributed by atoms with van der Waals surface area (Å²) in [4.78, 5) is 27.9. The van der Waals surface area contributed by atoms with Gasteiger partial charge in [-0.05, 0) is 41.0 Å². The van der Waals surface area contributed by atoms with Crippen molar-refractivity contribution in [1.82, 2.24) is 4.90 Å². The van der Waals surface area contributed by atoms with Gasteiger partial charge in [0.25, 0.3) is 0 Å². The predicted molar refractivity (Wildman–Crippen MR) is 152 cm³/mol. The van der Waals surface area contributed by atoms with E-state index in [1.54, 1.807) is 55.8 Å². The number of benzene rings is 3. The fourth-order valence-corrected chi connectivity index (χ4v) is 4.65. The van der Waals surface area contributed by atoms with Crippen molar-refractivity contribution in [3.63, 3.8) is 0 Å². The molecule has 0 radical (unpaired) electrons. The van der Waals surface area contributed by atoms with Gasteiger partial charge in [-0.25, -0.2) is 9.59 Å². The van der Waals surface area contributed by atoms with E-state index in [2.05, 4.69) is 0 Å². The van der Waals surface area contributed by atoms with Gasteiger partial charge in [0, 0.05) is 18.9 Å². The van der Waals surface area contributed by atoms with Crippen molar-refractivity contribution >= 4 is 11.9 Å². The predicted octanol–water partition coefficient (Wildman–Crippen LogP) is 5.00. The summed E-state index contributed by atoms with van der Waals surface area (Å²) in [7, 11) is 7.26. The molecule has 0 aromatic heterocycles.